The van der Waals surface area contributed by atoms with Crippen LogP contribution in [0, 0.1) is 0 Å². The van der Waals surface area contributed by atoms with Crippen molar-refractivity contribution in [2.75, 3.05) is 0 Å². The molecule has 42 heavy (non-hydrogen) atoms. The molecular formula is C40H26N2. The summed E-state index contributed by atoms with van der Waals surface area (Å²) >= 11 is 0. The minimum absolute atomic E-state index is 1.16. The van der Waals surface area contributed by atoms with Gasteiger partial charge in [-0.2, -0.15) is 0 Å². The van der Waals surface area contributed by atoms with Crippen LogP contribution in [0.5, 0.6) is 0 Å². The standard InChI is InChI=1S/C40H26N2/c1-3-11-27(12-4-1)28-19-22-31(23-20-28)42-35-18-10-9-17-33(35)34-24-26-37-39(40(34)42)38-32-16-8-7-13-29(32)21-25-36(38)41(37)30-14-5-2-6-15-30/h1-26H. The maximum Gasteiger partial charge on any atom is 0.0641 e. The summed E-state index contributed by atoms with van der Waals surface area (Å²) < 4.78 is 4.90. The molecule has 9 aromatic rings. The first kappa shape index (κ1) is 23.1. The van der Waals surface area contributed by atoms with Crippen LogP contribution in [-0.2, 0) is 0 Å². The average molecular weight is 535 g/mol. The van der Waals surface area contributed by atoms with Crippen LogP contribution in [0.25, 0.3) is 76.9 Å². The molecule has 0 fully saturated rings. The molecule has 0 N–H and O–H groups in total. The van der Waals surface area contributed by atoms with Gasteiger partial charge < -0.3 is 9.13 Å². The second kappa shape index (κ2) is 8.95. The first-order chi connectivity index (χ1) is 20.9. The van der Waals surface area contributed by atoms with Crippen LogP contribution in [0.3, 0.4) is 0 Å². The molecule has 0 saturated heterocycles. The summed E-state index contributed by atoms with van der Waals surface area (Å²) in [4.78, 5) is 0. The van der Waals surface area contributed by atoms with Gasteiger partial charge in [0.15, 0.2) is 0 Å². The molecule has 0 aliphatic rings. The van der Waals surface area contributed by atoms with E-state index in [1.165, 1.54) is 71.2 Å². The lowest BCUT2D eigenvalue weighted by molar-refractivity contribution is 1.17. The van der Waals surface area contributed by atoms with Crippen LogP contribution in [0.4, 0.5) is 0 Å². The van der Waals surface area contributed by atoms with Crippen molar-refractivity contribution in [2.24, 2.45) is 0 Å². The van der Waals surface area contributed by atoms with Gasteiger partial charge in [-0.3, -0.25) is 0 Å². The Labute approximate surface area is 243 Å². The van der Waals surface area contributed by atoms with Gasteiger partial charge in [-0.1, -0.05) is 115 Å². The molecule has 0 bridgehead atoms. The monoisotopic (exact) mass is 534 g/mol. The van der Waals surface area contributed by atoms with Crippen molar-refractivity contribution in [1.29, 1.82) is 0 Å². The largest absolute Gasteiger partial charge is 0.309 e. The molecule has 0 saturated carbocycles. The number of hydrogen-bond acceptors (Lipinski definition) is 0. The lowest BCUT2D eigenvalue weighted by Gasteiger charge is -2.11. The SMILES string of the molecule is c1ccc(-c2ccc(-n3c4ccccc4c4ccc5c(c6c7ccccc7ccc6n5-c5ccccc5)c43)cc2)cc1. The van der Waals surface area contributed by atoms with Gasteiger partial charge in [0.05, 0.1) is 22.1 Å². The molecule has 0 unspecified atom stereocenters. The molecule has 0 radical (unpaired) electrons. The van der Waals surface area contributed by atoms with E-state index in [-0.39, 0.29) is 0 Å². The van der Waals surface area contributed by atoms with Crippen LogP contribution in [-0.4, -0.2) is 9.13 Å². The Morgan fingerprint density at radius 2 is 0.905 bits per heavy atom. The predicted octanol–water partition coefficient (Wildman–Crippen LogP) is 10.7. The number of nitrogens with zero attached hydrogens (tertiary/aromatic N) is 2. The van der Waals surface area contributed by atoms with E-state index in [2.05, 4.69) is 167 Å². The van der Waals surface area contributed by atoms with Crippen molar-refractivity contribution >= 4 is 54.4 Å². The van der Waals surface area contributed by atoms with Crippen molar-refractivity contribution < 1.29 is 0 Å². The van der Waals surface area contributed by atoms with E-state index < -0.39 is 0 Å². The first-order valence-electron chi connectivity index (χ1n) is 14.5. The third-order valence-corrected chi connectivity index (χ3v) is 8.70. The average Bonchev–Trinajstić information content (AvgIpc) is 3.59. The Balaban J connectivity index is 1.47. The van der Waals surface area contributed by atoms with Gasteiger partial charge in [0, 0.05) is 32.9 Å². The highest BCUT2D eigenvalue weighted by molar-refractivity contribution is 6.31. The number of para-hydroxylation sites is 2. The maximum atomic E-state index is 2.47. The number of rotatable bonds is 3. The summed E-state index contributed by atoms with van der Waals surface area (Å²) in [6, 6.07) is 57.1. The molecule has 9 rings (SSSR count). The highest BCUT2D eigenvalue weighted by atomic mass is 15.0. The molecule has 0 aliphatic heterocycles. The molecule has 2 heteroatoms. The van der Waals surface area contributed by atoms with E-state index in [1.54, 1.807) is 0 Å². The molecule has 0 atom stereocenters. The van der Waals surface area contributed by atoms with Gasteiger partial charge in [-0.15, -0.1) is 0 Å². The zero-order chi connectivity index (χ0) is 27.6. The Morgan fingerprint density at radius 3 is 1.71 bits per heavy atom. The van der Waals surface area contributed by atoms with Crippen LogP contribution in [0.15, 0.2) is 158 Å². The van der Waals surface area contributed by atoms with E-state index in [9.17, 15) is 0 Å². The molecule has 2 heterocycles. The smallest absolute Gasteiger partial charge is 0.0641 e. The third-order valence-electron chi connectivity index (χ3n) is 8.70. The lowest BCUT2D eigenvalue weighted by Crippen LogP contribution is -1.95. The Morgan fingerprint density at radius 1 is 0.310 bits per heavy atom. The van der Waals surface area contributed by atoms with E-state index in [0.717, 1.165) is 5.69 Å². The van der Waals surface area contributed by atoms with Crippen molar-refractivity contribution in [2.45, 2.75) is 0 Å². The summed E-state index contributed by atoms with van der Waals surface area (Å²) in [6.07, 6.45) is 0. The summed E-state index contributed by atoms with van der Waals surface area (Å²) in [5, 5.41) is 7.64. The normalized spacial score (nSPS) is 11.8. The zero-order valence-corrected chi connectivity index (χ0v) is 22.9. The van der Waals surface area contributed by atoms with E-state index in [4.69, 9.17) is 0 Å². The third kappa shape index (κ3) is 3.27. The van der Waals surface area contributed by atoms with E-state index in [1.807, 2.05) is 0 Å². The number of hydrogen-bond donors (Lipinski definition) is 0. The van der Waals surface area contributed by atoms with Gasteiger partial charge in [0.2, 0.25) is 0 Å². The molecule has 196 valence electrons. The minimum atomic E-state index is 1.16. The van der Waals surface area contributed by atoms with Crippen LogP contribution < -0.4 is 0 Å². The fraction of sp³-hybridized carbons (Fsp3) is 0. The van der Waals surface area contributed by atoms with Crippen molar-refractivity contribution in [3.63, 3.8) is 0 Å². The Kier molecular flexibility index (Phi) is 4.93. The molecular weight excluding hydrogens is 508 g/mol. The summed E-state index contributed by atoms with van der Waals surface area (Å²) in [5.74, 6) is 0. The first-order valence-corrected chi connectivity index (χ1v) is 14.5. The molecule has 0 aliphatic carbocycles. The molecule has 7 aromatic carbocycles. The van der Waals surface area contributed by atoms with Crippen LogP contribution in [0.1, 0.15) is 0 Å². The molecule has 2 nitrogen and oxygen atoms in total. The van der Waals surface area contributed by atoms with Crippen molar-refractivity contribution in [3.05, 3.63) is 158 Å². The fourth-order valence-electron chi connectivity index (χ4n) is 6.88. The highest BCUT2D eigenvalue weighted by Gasteiger charge is 2.22. The van der Waals surface area contributed by atoms with Crippen molar-refractivity contribution in [3.8, 4) is 22.5 Å². The molecule has 2 aromatic heterocycles. The Bertz CT molecular complexity index is 2430. The highest BCUT2D eigenvalue weighted by Crippen LogP contribution is 2.44. The second-order valence-corrected chi connectivity index (χ2v) is 11.0. The summed E-state index contributed by atoms with van der Waals surface area (Å²) in [5.41, 5.74) is 9.67. The van der Waals surface area contributed by atoms with Gasteiger partial charge in [-0.05, 0) is 64.4 Å². The lowest BCUT2D eigenvalue weighted by atomic mass is 10.0. The predicted molar refractivity (Wildman–Crippen MR) is 178 cm³/mol. The number of aromatic nitrogens is 2. The van der Waals surface area contributed by atoms with Gasteiger partial charge in [0.1, 0.15) is 0 Å². The van der Waals surface area contributed by atoms with Crippen molar-refractivity contribution in [1.82, 2.24) is 9.13 Å². The summed E-state index contributed by atoms with van der Waals surface area (Å²) in [7, 11) is 0. The number of fused-ring (bicyclic) bond motifs is 9. The van der Waals surface area contributed by atoms with Gasteiger partial charge in [0.25, 0.3) is 0 Å². The quantitative estimate of drug-likeness (QED) is 0.213. The minimum Gasteiger partial charge on any atom is -0.309 e. The molecule has 0 spiro atoms. The zero-order valence-electron chi connectivity index (χ0n) is 22.9. The topological polar surface area (TPSA) is 9.86 Å². The molecule has 0 amide bonds. The maximum absolute atomic E-state index is 2.47. The van der Waals surface area contributed by atoms with Crippen LogP contribution in [0.2, 0.25) is 0 Å². The second-order valence-electron chi connectivity index (χ2n) is 11.0. The fourth-order valence-corrected chi connectivity index (χ4v) is 6.88. The van der Waals surface area contributed by atoms with Gasteiger partial charge >= 0.3 is 0 Å². The van der Waals surface area contributed by atoms with E-state index >= 15 is 0 Å². The Hall–Kier alpha value is -5.60. The number of benzene rings is 7. The van der Waals surface area contributed by atoms with Gasteiger partial charge in [-0.25, -0.2) is 0 Å². The van der Waals surface area contributed by atoms with E-state index in [0.29, 0.717) is 0 Å². The van der Waals surface area contributed by atoms with Crippen LogP contribution >= 0.6 is 0 Å². The summed E-state index contributed by atoms with van der Waals surface area (Å²) in [6.45, 7) is 0.